The number of aryl methyl sites for hydroxylation is 1. The Kier molecular flexibility index (Phi) is 4.26. The van der Waals surface area contributed by atoms with Crippen molar-refractivity contribution in [2.24, 2.45) is 5.90 Å². The van der Waals surface area contributed by atoms with E-state index in [2.05, 4.69) is 58.9 Å². The zero-order chi connectivity index (χ0) is 16.2. The fraction of sp³-hybridized carbons (Fsp3) is 0.105. The van der Waals surface area contributed by atoms with E-state index in [1.54, 1.807) is 6.08 Å². The molecule has 23 heavy (non-hydrogen) atoms. The van der Waals surface area contributed by atoms with Crippen molar-refractivity contribution in [2.75, 3.05) is 0 Å². The van der Waals surface area contributed by atoms with Crippen molar-refractivity contribution in [3.8, 4) is 0 Å². The van der Waals surface area contributed by atoms with Gasteiger partial charge in [0.2, 0.25) is 0 Å². The summed E-state index contributed by atoms with van der Waals surface area (Å²) in [5.41, 5.74) is 4.50. The van der Waals surface area contributed by atoms with Gasteiger partial charge in [-0.2, -0.15) is 5.90 Å². The summed E-state index contributed by atoms with van der Waals surface area (Å²) in [7, 11) is 0. The van der Waals surface area contributed by atoms with Crippen molar-refractivity contribution in [1.82, 2.24) is 4.57 Å². The Labute approximate surface area is 134 Å². The molecule has 1 heterocycles. The van der Waals surface area contributed by atoms with Crippen molar-refractivity contribution in [1.29, 1.82) is 0 Å². The molecular formula is C19H18N2O2. The number of nitrogens with zero attached hydrogens (tertiary/aromatic N) is 1. The maximum atomic E-state index is 11.2. The second-order valence-corrected chi connectivity index (χ2v) is 5.48. The summed E-state index contributed by atoms with van der Waals surface area (Å²) in [4.78, 5) is 15.4. The van der Waals surface area contributed by atoms with Crippen LogP contribution < -0.4 is 5.90 Å². The van der Waals surface area contributed by atoms with E-state index in [9.17, 15) is 4.79 Å². The van der Waals surface area contributed by atoms with E-state index in [-0.39, 0.29) is 0 Å². The summed E-state index contributed by atoms with van der Waals surface area (Å²) < 4.78 is 2.17. The topological polar surface area (TPSA) is 57.2 Å². The molecule has 3 aromatic rings. The third kappa shape index (κ3) is 3.33. The fourth-order valence-corrected chi connectivity index (χ4v) is 2.64. The van der Waals surface area contributed by atoms with Gasteiger partial charge in [0.15, 0.2) is 0 Å². The van der Waals surface area contributed by atoms with E-state index in [1.165, 1.54) is 17.2 Å². The van der Waals surface area contributed by atoms with Crippen molar-refractivity contribution >= 4 is 22.9 Å². The second kappa shape index (κ2) is 6.50. The highest BCUT2D eigenvalue weighted by Gasteiger charge is 2.06. The van der Waals surface area contributed by atoms with Gasteiger partial charge in [0.05, 0.1) is 5.52 Å². The summed E-state index contributed by atoms with van der Waals surface area (Å²) >= 11 is 0. The first-order chi connectivity index (χ1) is 11.2. The van der Waals surface area contributed by atoms with Crippen molar-refractivity contribution in [3.05, 3.63) is 77.5 Å². The molecule has 0 saturated heterocycles. The molecule has 4 heteroatoms. The molecule has 2 N–H and O–H groups in total. The SMILES string of the molecule is Cc1ccc(Cn2ccc3cccc(/C=C/C(=O)ON)c32)cc1. The summed E-state index contributed by atoms with van der Waals surface area (Å²) in [6.07, 6.45) is 5.12. The molecule has 1 aromatic heterocycles. The molecule has 4 nitrogen and oxygen atoms in total. The average Bonchev–Trinajstić information content (AvgIpc) is 2.98. The molecule has 3 rings (SSSR count). The molecule has 2 aromatic carbocycles. The number of hydrogen-bond donors (Lipinski definition) is 1. The van der Waals surface area contributed by atoms with Crippen LogP contribution >= 0.6 is 0 Å². The van der Waals surface area contributed by atoms with Crippen molar-refractivity contribution in [2.45, 2.75) is 13.5 Å². The smallest absolute Gasteiger partial charge is 0.349 e. The Morgan fingerprint density at radius 2 is 1.96 bits per heavy atom. The van der Waals surface area contributed by atoms with E-state index in [0.717, 1.165) is 23.0 Å². The van der Waals surface area contributed by atoms with Gasteiger partial charge < -0.3 is 9.40 Å². The minimum atomic E-state index is -0.571. The quantitative estimate of drug-likeness (QED) is 0.593. The first-order valence-corrected chi connectivity index (χ1v) is 7.39. The molecule has 0 saturated carbocycles. The fourth-order valence-electron chi connectivity index (χ4n) is 2.64. The number of aromatic nitrogens is 1. The highest BCUT2D eigenvalue weighted by atomic mass is 16.7. The Morgan fingerprint density at radius 3 is 2.70 bits per heavy atom. The second-order valence-electron chi connectivity index (χ2n) is 5.48. The van der Waals surface area contributed by atoms with Crippen molar-refractivity contribution in [3.63, 3.8) is 0 Å². The van der Waals surface area contributed by atoms with Crippen LogP contribution in [0.4, 0.5) is 0 Å². The van der Waals surface area contributed by atoms with Crippen molar-refractivity contribution < 1.29 is 9.63 Å². The molecule has 0 aliphatic carbocycles. The first-order valence-electron chi connectivity index (χ1n) is 7.39. The Balaban J connectivity index is 1.99. The largest absolute Gasteiger partial charge is 0.370 e. The summed E-state index contributed by atoms with van der Waals surface area (Å²) in [5.74, 6) is 4.30. The van der Waals surface area contributed by atoms with Crippen LogP contribution in [0.3, 0.4) is 0 Å². The molecule has 0 aliphatic rings. The minimum Gasteiger partial charge on any atom is -0.370 e. The molecule has 0 spiro atoms. The van der Waals surface area contributed by atoms with E-state index in [1.807, 2.05) is 12.1 Å². The monoisotopic (exact) mass is 306 g/mol. The lowest BCUT2D eigenvalue weighted by Gasteiger charge is -2.08. The predicted molar refractivity (Wildman–Crippen MR) is 91.5 cm³/mol. The summed E-state index contributed by atoms with van der Waals surface area (Å²) in [5, 5.41) is 1.13. The maximum Gasteiger partial charge on any atom is 0.349 e. The number of nitrogens with two attached hydrogens (primary N) is 1. The lowest BCUT2D eigenvalue weighted by Crippen LogP contribution is -2.05. The summed E-state index contributed by atoms with van der Waals surface area (Å²) in [6.45, 7) is 2.85. The van der Waals surface area contributed by atoms with Gasteiger partial charge in [-0.1, -0.05) is 48.0 Å². The first kappa shape index (κ1) is 15.1. The Hall–Kier alpha value is -2.85. The molecule has 0 fully saturated rings. The lowest BCUT2D eigenvalue weighted by molar-refractivity contribution is -0.138. The number of fused-ring (bicyclic) bond motifs is 1. The molecular weight excluding hydrogens is 288 g/mol. The van der Waals surface area contributed by atoms with Crippen LogP contribution in [-0.2, 0) is 16.2 Å². The van der Waals surface area contributed by atoms with Gasteiger partial charge in [0.25, 0.3) is 0 Å². The van der Waals surface area contributed by atoms with Gasteiger partial charge in [0.1, 0.15) is 0 Å². The number of rotatable bonds is 4. The Bertz CT molecular complexity index is 861. The normalized spacial score (nSPS) is 11.2. The van der Waals surface area contributed by atoms with Gasteiger partial charge in [-0.05, 0) is 30.2 Å². The van der Waals surface area contributed by atoms with Gasteiger partial charge >= 0.3 is 5.97 Å². The van der Waals surface area contributed by atoms with E-state index in [4.69, 9.17) is 5.90 Å². The highest BCUT2D eigenvalue weighted by Crippen LogP contribution is 2.23. The number of benzene rings is 2. The van der Waals surface area contributed by atoms with Crippen LogP contribution in [0.5, 0.6) is 0 Å². The molecule has 0 radical (unpaired) electrons. The zero-order valence-electron chi connectivity index (χ0n) is 12.9. The predicted octanol–water partition coefficient (Wildman–Crippen LogP) is 3.43. The van der Waals surface area contributed by atoms with Gasteiger partial charge in [-0.3, -0.25) is 0 Å². The average molecular weight is 306 g/mol. The lowest BCUT2D eigenvalue weighted by atomic mass is 10.1. The van der Waals surface area contributed by atoms with Crippen LogP contribution in [0.2, 0.25) is 0 Å². The van der Waals surface area contributed by atoms with Gasteiger partial charge in [0, 0.05) is 24.2 Å². The minimum absolute atomic E-state index is 0.571. The molecule has 0 bridgehead atoms. The van der Waals surface area contributed by atoms with Crippen LogP contribution in [-0.4, -0.2) is 10.5 Å². The van der Waals surface area contributed by atoms with Crippen LogP contribution in [0.1, 0.15) is 16.7 Å². The van der Waals surface area contributed by atoms with Crippen LogP contribution in [0, 0.1) is 6.92 Å². The highest BCUT2D eigenvalue weighted by molar-refractivity contribution is 5.93. The molecule has 116 valence electrons. The van der Waals surface area contributed by atoms with Crippen LogP contribution in [0.25, 0.3) is 17.0 Å². The van der Waals surface area contributed by atoms with Gasteiger partial charge in [-0.15, -0.1) is 0 Å². The number of carbonyl (C=O) groups excluding carboxylic acids is 1. The molecule has 0 aliphatic heterocycles. The van der Waals surface area contributed by atoms with E-state index >= 15 is 0 Å². The Morgan fingerprint density at radius 1 is 1.17 bits per heavy atom. The third-order valence-electron chi connectivity index (χ3n) is 3.81. The molecule has 0 unspecified atom stereocenters. The molecule has 0 amide bonds. The third-order valence-corrected chi connectivity index (χ3v) is 3.81. The summed E-state index contributed by atoms with van der Waals surface area (Å²) in [6, 6.07) is 16.5. The van der Waals surface area contributed by atoms with Gasteiger partial charge in [-0.25, -0.2) is 4.79 Å². The number of carbonyl (C=O) groups is 1. The number of para-hydroxylation sites is 1. The number of hydrogen-bond acceptors (Lipinski definition) is 3. The maximum absolute atomic E-state index is 11.2. The molecule has 0 atom stereocenters. The van der Waals surface area contributed by atoms with E-state index in [0.29, 0.717) is 0 Å². The standard InChI is InChI=1S/C19H18N2O2/c1-14-5-7-15(8-6-14)13-21-12-11-17-4-2-3-16(19(17)21)9-10-18(22)23-20/h2-12H,13,20H2,1H3/b10-9+. The zero-order valence-corrected chi connectivity index (χ0v) is 12.9. The van der Waals surface area contributed by atoms with E-state index < -0.39 is 5.97 Å². The van der Waals surface area contributed by atoms with Crippen LogP contribution in [0.15, 0.2) is 60.8 Å².